The van der Waals surface area contributed by atoms with Crippen LogP contribution in [0.4, 0.5) is 5.69 Å². The van der Waals surface area contributed by atoms with Crippen molar-refractivity contribution >= 4 is 33.2 Å². The standard InChI is InChI=1S/C19H23ClN2O3S/c1-4-14(2)21-19(23)13-22(18-12-8-11-17(20)15(18)3)26(24,25)16-9-6-5-7-10-16/h5-12,14H,4,13H2,1-3H3,(H,21,23)/t14-/m0/s1. The van der Waals surface area contributed by atoms with Crippen molar-refractivity contribution in [3.8, 4) is 0 Å². The van der Waals surface area contributed by atoms with Gasteiger partial charge in [-0.05, 0) is 50.1 Å². The van der Waals surface area contributed by atoms with Crippen LogP contribution in [0.25, 0.3) is 0 Å². The third-order valence-electron chi connectivity index (χ3n) is 4.15. The monoisotopic (exact) mass is 394 g/mol. The number of rotatable bonds is 7. The number of carbonyl (C=O) groups excluding carboxylic acids is 1. The zero-order valence-electron chi connectivity index (χ0n) is 15.1. The summed E-state index contributed by atoms with van der Waals surface area (Å²) in [5.74, 6) is -0.363. The van der Waals surface area contributed by atoms with Crippen LogP contribution in [0.3, 0.4) is 0 Å². The fourth-order valence-corrected chi connectivity index (χ4v) is 4.11. The van der Waals surface area contributed by atoms with E-state index in [-0.39, 0.29) is 23.4 Å². The molecule has 2 rings (SSSR count). The molecule has 0 aliphatic heterocycles. The Morgan fingerprint density at radius 1 is 1.15 bits per heavy atom. The Hall–Kier alpha value is -2.05. The van der Waals surface area contributed by atoms with Crippen LogP contribution in [-0.4, -0.2) is 26.9 Å². The molecule has 140 valence electrons. The van der Waals surface area contributed by atoms with E-state index in [1.807, 2.05) is 13.8 Å². The van der Waals surface area contributed by atoms with Crippen molar-refractivity contribution in [2.75, 3.05) is 10.8 Å². The molecule has 1 amide bonds. The highest BCUT2D eigenvalue weighted by molar-refractivity contribution is 7.92. The Bertz CT molecular complexity index is 870. The van der Waals surface area contributed by atoms with Crippen LogP contribution in [0.5, 0.6) is 0 Å². The number of anilines is 1. The molecule has 0 radical (unpaired) electrons. The van der Waals surface area contributed by atoms with Crippen molar-refractivity contribution in [1.82, 2.24) is 5.32 Å². The number of benzene rings is 2. The number of hydrogen-bond acceptors (Lipinski definition) is 3. The summed E-state index contributed by atoms with van der Waals surface area (Å²) >= 11 is 6.18. The van der Waals surface area contributed by atoms with Crippen LogP contribution in [0.2, 0.25) is 5.02 Å². The Morgan fingerprint density at radius 3 is 2.42 bits per heavy atom. The number of amides is 1. The molecular weight excluding hydrogens is 372 g/mol. The van der Waals surface area contributed by atoms with Gasteiger partial charge in [-0.1, -0.05) is 42.8 Å². The van der Waals surface area contributed by atoms with E-state index in [0.717, 1.165) is 10.7 Å². The average molecular weight is 395 g/mol. The Morgan fingerprint density at radius 2 is 1.81 bits per heavy atom. The van der Waals surface area contributed by atoms with Crippen LogP contribution in [0, 0.1) is 6.92 Å². The van der Waals surface area contributed by atoms with Crippen LogP contribution in [0.1, 0.15) is 25.8 Å². The lowest BCUT2D eigenvalue weighted by Crippen LogP contribution is -2.43. The van der Waals surface area contributed by atoms with Crippen molar-refractivity contribution in [2.24, 2.45) is 0 Å². The van der Waals surface area contributed by atoms with Gasteiger partial charge >= 0.3 is 0 Å². The molecule has 0 spiro atoms. The van der Waals surface area contributed by atoms with Gasteiger partial charge in [-0.25, -0.2) is 8.42 Å². The predicted molar refractivity (Wildman–Crippen MR) is 105 cm³/mol. The summed E-state index contributed by atoms with van der Waals surface area (Å²) < 4.78 is 27.5. The first kappa shape index (κ1) is 20.3. The third kappa shape index (κ3) is 4.56. The van der Waals surface area contributed by atoms with Crippen molar-refractivity contribution in [3.05, 3.63) is 59.1 Å². The van der Waals surface area contributed by atoms with Gasteiger partial charge in [0, 0.05) is 11.1 Å². The van der Waals surface area contributed by atoms with Gasteiger partial charge in [0.25, 0.3) is 10.0 Å². The number of carbonyl (C=O) groups is 1. The Labute approximate surface area is 160 Å². The Balaban J connectivity index is 2.49. The quantitative estimate of drug-likeness (QED) is 0.777. The van der Waals surface area contributed by atoms with Crippen molar-refractivity contribution in [2.45, 2.75) is 38.1 Å². The van der Waals surface area contributed by atoms with E-state index in [4.69, 9.17) is 11.6 Å². The van der Waals surface area contributed by atoms with E-state index in [1.165, 1.54) is 12.1 Å². The molecule has 0 unspecified atom stereocenters. The van der Waals surface area contributed by atoms with E-state index in [9.17, 15) is 13.2 Å². The average Bonchev–Trinajstić information content (AvgIpc) is 2.63. The second kappa shape index (κ2) is 8.56. The van der Waals surface area contributed by atoms with E-state index in [2.05, 4.69) is 5.32 Å². The minimum atomic E-state index is -3.92. The summed E-state index contributed by atoms with van der Waals surface area (Å²) in [5, 5.41) is 3.25. The fraction of sp³-hybridized carbons (Fsp3) is 0.316. The van der Waals surface area contributed by atoms with E-state index in [0.29, 0.717) is 16.3 Å². The summed E-state index contributed by atoms with van der Waals surface area (Å²) in [6.07, 6.45) is 0.757. The second-order valence-electron chi connectivity index (χ2n) is 6.09. The normalized spacial score (nSPS) is 12.5. The summed E-state index contributed by atoms with van der Waals surface area (Å²) in [4.78, 5) is 12.5. The molecule has 0 bridgehead atoms. The zero-order chi connectivity index (χ0) is 19.3. The van der Waals surface area contributed by atoms with Gasteiger partial charge in [-0.3, -0.25) is 9.10 Å². The molecule has 1 N–H and O–H groups in total. The summed E-state index contributed by atoms with van der Waals surface area (Å²) in [7, 11) is -3.92. The first-order valence-corrected chi connectivity index (χ1v) is 10.2. The van der Waals surface area contributed by atoms with Crippen LogP contribution in [0.15, 0.2) is 53.4 Å². The van der Waals surface area contributed by atoms with Crippen LogP contribution >= 0.6 is 11.6 Å². The maximum Gasteiger partial charge on any atom is 0.264 e. The highest BCUT2D eigenvalue weighted by atomic mass is 35.5. The number of nitrogens with zero attached hydrogens (tertiary/aromatic N) is 1. The molecule has 5 nitrogen and oxygen atoms in total. The minimum Gasteiger partial charge on any atom is -0.352 e. The van der Waals surface area contributed by atoms with E-state index >= 15 is 0 Å². The van der Waals surface area contributed by atoms with Gasteiger partial charge < -0.3 is 5.32 Å². The number of halogens is 1. The van der Waals surface area contributed by atoms with Gasteiger partial charge in [0.05, 0.1) is 10.6 Å². The lowest BCUT2D eigenvalue weighted by atomic mass is 10.2. The highest BCUT2D eigenvalue weighted by Crippen LogP contribution is 2.30. The molecule has 0 aliphatic rings. The molecule has 1 atom stereocenters. The number of hydrogen-bond donors (Lipinski definition) is 1. The number of sulfonamides is 1. The first-order valence-electron chi connectivity index (χ1n) is 8.39. The molecule has 2 aromatic rings. The molecule has 26 heavy (non-hydrogen) atoms. The molecule has 0 saturated heterocycles. The molecule has 0 fully saturated rings. The predicted octanol–water partition coefficient (Wildman–Crippen LogP) is 3.76. The lowest BCUT2D eigenvalue weighted by molar-refractivity contribution is -0.120. The van der Waals surface area contributed by atoms with Gasteiger partial charge in [0.2, 0.25) is 5.91 Å². The molecule has 7 heteroatoms. The van der Waals surface area contributed by atoms with Gasteiger partial charge in [0.15, 0.2) is 0 Å². The molecule has 0 aliphatic carbocycles. The molecule has 0 heterocycles. The smallest absolute Gasteiger partial charge is 0.264 e. The van der Waals surface area contributed by atoms with Crippen molar-refractivity contribution in [3.63, 3.8) is 0 Å². The van der Waals surface area contributed by atoms with Crippen molar-refractivity contribution in [1.29, 1.82) is 0 Å². The van der Waals surface area contributed by atoms with E-state index in [1.54, 1.807) is 43.3 Å². The topological polar surface area (TPSA) is 66.5 Å². The largest absolute Gasteiger partial charge is 0.352 e. The van der Waals surface area contributed by atoms with Crippen LogP contribution in [-0.2, 0) is 14.8 Å². The maximum absolute atomic E-state index is 13.2. The number of nitrogens with one attached hydrogen (secondary N) is 1. The molecule has 0 saturated carbocycles. The lowest BCUT2D eigenvalue weighted by Gasteiger charge is -2.26. The van der Waals surface area contributed by atoms with Gasteiger partial charge in [-0.15, -0.1) is 0 Å². The highest BCUT2D eigenvalue weighted by Gasteiger charge is 2.28. The zero-order valence-corrected chi connectivity index (χ0v) is 16.6. The summed E-state index contributed by atoms with van der Waals surface area (Å²) in [6.45, 7) is 5.24. The molecule has 0 aromatic heterocycles. The van der Waals surface area contributed by atoms with Crippen molar-refractivity contribution < 1.29 is 13.2 Å². The minimum absolute atomic E-state index is 0.0377. The maximum atomic E-state index is 13.2. The summed E-state index contributed by atoms with van der Waals surface area (Å²) in [6, 6.07) is 13.0. The SMILES string of the molecule is CC[C@H](C)NC(=O)CN(c1cccc(Cl)c1C)S(=O)(=O)c1ccccc1. The summed E-state index contributed by atoms with van der Waals surface area (Å²) in [5.41, 5.74) is 0.991. The van der Waals surface area contributed by atoms with E-state index < -0.39 is 10.0 Å². The molecule has 2 aromatic carbocycles. The Kier molecular flexibility index (Phi) is 6.67. The second-order valence-corrected chi connectivity index (χ2v) is 8.36. The first-order chi connectivity index (χ1) is 12.3. The third-order valence-corrected chi connectivity index (χ3v) is 6.33. The fourth-order valence-electron chi connectivity index (χ4n) is 2.44. The molecular formula is C19H23ClN2O3S. The van der Waals surface area contributed by atoms with Crippen LogP contribution < -0.4 is 9.62 Å². The van der Waals surface area contributed by atoms with Gasteiger partial charge in [0.1, 0.15) is 6.54 Å². The van der Waals surface area contributed by atoms with Gasteiger partial charge in [-0.2, -0.15) is 0 Å².